The molecule has 0 spiro atoms. The molecule has 0 radical (unpaired) electrons. The summed E-state index contributed by atoms with van der Waals surface area (Å²) >= 11 is 0. The molecule has 1 unspecified atom stereocenters. The van der Waals surface area contributed by atoms with Gasteiger partial charge in [0, 0.05) is 25.4 Å². The topological polar surface area (TPSA) is 55.6 Å². The fourth-order valence-electron chi connectivity index (χ4n) is 2.23. The van der Waals surface area contributed by atoms with Crippen molar-refractivity contribution in [2.24, 2.45) is 11.7 Å². The van der Waals surface area contributed by atoms with Gasteiger partial charge in [-0.3, -0.25) is 4.79 Å². The van der Waals surface area contributed by atoms with Crippen molar-refractivity contribution in [3.8, 4) is 0 Å². The van der Waals surface area contributed by atoms with E-state index in [1.807, 2.05) is 36.1 Å². The van der Waals surface area contributed by atoms with Gasteiger partial charge in [-0.1, -0.05) is 12.1 Å². The first-order valence-corrected chi connectivity index (χ1v) is 6.44. The molecule has 18 heavy (non-hydrogen) atoms. The van der Waals surface area contributed by atoms with Crippen LogP contribution in [0.4, 0.5) is 5.69 Å². The lowest BCUT2D eigenvalue weighted by molar-refractivity contribution is -0.122. The predicted octanol–water partition coefficient (Wildman–Crippen LogP) is 1.53. The van der Waals surface area contributed by atoms with E-state index >= 15 is 0 Å². The van der Waals surface area contributed by atoms with Crippen LogP contribution in [0.1, 0.15) is 18.9 Å². The zero-order valence-corrected chi connectivity index (χ0v) is 10.8. The van der Waals surface area contributed by atoms with Crippen LogP contribution in [0, 0.1) is 5.92 Å². The number of hydrogen-bond donors (Lipinski definition) is 1. The van der Waals surface area contributed by atoms with Crippen LogP contribution in [-0.2, 0) is 16.1 Å². The highest BCUT2D eigenvalue weighted by Crippen LogP contribution is 2.21. The van der Waals surface area contributed by atoms with Gasteiger partial charge in [0.2, 0.25) is 5.91 Å². The zero-order valence-electron chi connectivity index (χ0n) is 10.8. The van der Waals surface area contributed by atoms with Crippen molar-refractivity contribution in [1.82, 2.24) is 0 Å². The van der Waals surface area contributed by atoms with Gasteiger partial charge in [0.05, 0.1) is 12.5 Å². The van der Waals surface area contributed by atoms with Crippen LogP contribution in [0.15, 0.2) is 24.3 Å². The molecule has 1 amide bonds. The van der Waals surface area contributed by atoms with Gasteiger partial charge in [0.25, 0.3) is 0 Å². The zero-order chi connectivity index (χ0) is 13.0. The molecule has 0 aliphatic carbocycles. The van der Waals surface area contributed by atoms with E-state index in [9.17, 15) is 4.79 Å². The van der Waals surface area contributed by atoms with Gasteiger partial charge in [-0.25, -0.2) is 0 Å². The van der Waals surface area contributed by atoms with Crippen molar-refractivity contribution in [3.63, 3.8) is 0 Å². The molecular weight excluding hydrogens is 228 g/mol. The maximum atomic E-state index is 12.4. The van der Waals surface area contributed by atoms with Crippen LogP contribution in [0.25, 0.3) is 0 Å². The minimum Gasteiger partial charge on any atom is -0.381 e. The first kappa shape index (κ1) is 13.1. The van der Waals surface area contributed by atoms with Crippen molar-refractivity contribution >= 4 is 11.6 Å². The van der Waals surface area contributed by atoms with Gasteiger partial charge in [-0.15, -0.1) is 0 Å². The van der Waals surface area contributed by atoms with E-state index < -0.39 is 0 Å². The van der Waals surface area contributed by atoms with Gasteiger partial charge in [0.1, 0.15) is 0 Å². The Morgan fingerprint density at radius 2 is 2.17 bits per heavy atom. The van der Waals surface area contributed by atoms with E-state index in [4.69, 9.17) is 10.5 Å². The Morgan fingerprint density at radius 3 is 2.67 bits per heavy atom. The minimum atomic E-state index is 0.0131. The van der Waals surface area contributed by atoms with Gasteiger partial charge >= 0.3 is 0 Å². The molecule has 4 nitrogen and oxygen atoms in total. The molecule has 1 fully saturated rings. The number of hydrogen-bond acceptors (Lipinski definition) is 3. The average Bonchev–Trinajstić information content (AvgIpc) is 2.94. The summed E-state index contributed by atoms with van der Waals surface area (Å²) in [7, 11) is 0. The highest BCUT2D eigenvalue weighted by Gasteiger charge is 2.27. The summed E-state index contributed by atoms with van der Waals surface area (Å²) in [6, 6.07) is 7.85. The van der Waals surface area contributed by atoms with Gasteiger partial charge < -0.3 is 15.4 Å². The van der Waals surface area contributed by atoms with Crippen molar-refractivity contribution < 1.29 is 9.53 Å². The molecule has 1 saturated heterocycles. The molecule has 1 aromatic carbocycles. The van der Waals surface area contributed by atoms with E-state index in [1.54, 1.807) is 0 Å². The number of nitrogens with zero attached hydrogens (tertiary/aromatic N) is 1. The summed E-state index contributed by atoms with van der Waals surface area (Å²) in [6.45, 7) is 4.44. The third-order valence-corrected chi connectivity index (χ3v) is 3.34. The third-order valence-electron chi connectivity index (χ3n) is 3.34. The number of benzene rings is 1. The molecule has 0 saturated carbocycles. The molecule has 1 aliphatic heterocycles. The fraction of sp³-hybridized carbons (Fsp3) is 0.500. The molecule has 1 heterocycles. The van der Waals surface area contributed by atoms with Crippen LogP contribution < -0.4 is 10.6 Å². The largest absolute Gasteiger partial charge is 0.381 e. The van der Waals surface area contributed by atoms with Crippen LogP contribution in [-0.4, -0.2) is 25.7 Å². The number of nitrogens with two attached hydrogens (primary N) is 1. The predicted molar refractivity (Wildman–Crippen MR) is 71.3 cm³/mol. The molecule has 0 aromatic heterocycles. The van der Waals surface area contributed by atoms with Gasteiger partial charge in [-0.2, -0.15) is 0 Å². The van der Waals surface area contributed by atoms with E-state index in [2.05, 4.69) is 0 Å². The second-order valence-corrected chi connectivity index (χ2v) is 4.51. The highest BCUT2D eigenvalue weighted by atomic mass is 16.5. The lowest BCUT2D eigenvalue weighted by Crippen LogP contribution is -2.36. The fourth-order valence-corrected chi connectivity index (χ4v) is 2.23. The SMILES string of the molecule is CCN(C(=O)C1CCOC1)c1ccc(CN)cc1. The normalized spacial score (nSPS) is 18.9. The summed E-state index contributed by atoms with van der Waals surface area (Å²) in [5.41, 5.74) is 7.58. The second-order valence-electron chi connectivity index (χ2n) is 4.51. The monoisotopic (exact) mass is 248 g/mol. The minimum absolute atomic E-state index is 0.0131. The van der Waals surface area contributed by atoms with Crippen LogP contribution >= 0.6 is 0 Å². The van der Waals surface area contributed by atoms with E-state index in [0.717, 1.165) is 17.7 Å². The Morgan fingerprint density at radius 1 is 1.44 bits per heavy atom. The maximum absolute atomic E-state index is 12.4. The summed E-state index contributed by atoms with van der Waals surface area (Å²) in [5, 5.41) is 0. The van der Waals surface area contributed by atoms with Crippen molar-refractivity contribution in [1.29, 1.82) is 0 Å². The Kier molecular flexibility index (Phi) is 4.33. The van der Waals surface area contributed by atoms with E-state index in [0.29, 0.717) is 26.3 Å². The quantitative estimate of drug-likeness (QED) is 0.879. The Balaban J connectivity index is 2.13. The number of ether oxygens (including phenoxy) is 1. The molecule has 0 bridgehead atoms. The summed E-state index contributed by atoms with van der Waals surface area (Å²) in [5.74, 6) is 0.176. The smallest absolute Gasteiger partial charge is 0.232 e. The standard InChI is InChI=1S/C14H20N2O2/c1-2-16(14(17)12-7-8-18-10-12)13-5-3-11(9-15)4-6-13/h3-6,12H,2,7-10,15H2,1H3. The summed E-state index contributed by atoms with van der Waals surface area (Å²) < 4.78 is 5.28. The van der Waals surface area contributed by atoms with Gasteiger partial charge in [-0.05, 0) is 31.0 Å². The van der Waals surface area contributed by atoms with Crippen molar-refractivity contribution in [2.75, 3.05) is 24.7 Å². The van der Waals surface area contributed by atoms with E-state index in [-0.39, 0.29) is 11.8 Å². The molecule has 1 aliphatic rings. The molecule has 98 valence electrons. The molecule has 1 atom stereocenters. The van der Waals surface area contributed by atoms with Gasteiger partial charge in [0.15, 0.2) is 0 Å². The number of amides is 1. The van der Waals surface area contributed by atoms with Crippen LogP contribution in [0.2, 0.25) is 0 Å². The molecular formula is C14H20N2O2. The lowest BCUT2D eigenvalue weighted by Gasteiger charge is -2.24. The first-order valence-electron chi connectivity index (χ1n) is 6.44. The first-order chi connectivity index (χ1) is 8.76. The van der Waals surface area contributed by atoms with Crippen LogP contribution in [0.3, 0.4) is 0 Å². The number of carbonyl (C=O) groups is 1. The third kappa shape index (κ3) is 2.71. The summed E-state index contributed by atoms with van der Waals surface area (Å²) in [4.78, 5) is 14.2. The Bertz CT molecular complexity index is 397. The number of carbonyl (C=O) groups excluding carboxylic acids is 1. The molecule has 2 N–H and O–H groups in total. The molecule has 1 aromatic rings. The Labute approximate surface area is 108 Å². The molecule has 4 heteroatoms. The summed E-state index contributed by atoms with van der Waals surface area (Å²) in [6.07, 6.45) is 0.830. The number of rotatable bonds is 4. The second kappa shape index (κ2) is 5.98. The molecule has 2 rings (SSSR count). The average molecular weight is 248 g/mol. The van der Waals surface area contributed by atoms with Crippen LogP contribution in [0.5, 0.6) is 0 Å². The Hall–Kier alpha value is -1.39. The number of anilines is 1. The van der Waals surface area contributed by atoms with Crippen molar-refractivity contribution in [3.05, 3.63) is 29.8 Å². The highest BCUT2D eigenvalue weighted by molar-refractivity contribution is 5.95. The maximum Gasteiger partial charge on any atom is 0.232 e. The van der Waals surface area contributed by atoms with E-state index in [1.165, 1.54) is 0 Å². The lowest BCUT2D eigenvalue weighted by atomic mass is 10.1. The van der Waals surface area contributed by atoms with Crippen molar-refractivity contribution in [2.45, 2.75) is 19.9 Å².